The van der Waals surface area contributed by atoms with E-state index in [1.165, 1.54) is 19.4 Å². The van der Waals surface area contributed by atoms with E-state index in [-0.39, 0.29) is 22.1 Å². The third-order valence-corrected chi connectivity index (χ3v) is 6.78. The molecular weight excluding hydrogens is 645 g/mol. The van der Waals surface area contributed by atoms with E-state index < -0.39 is 20.9 Å². The fraction of sp³-hybridized carbons (Fsp3) is 0.0476. The molecule has 3 aromatic rings. The van der Waals surface area contributed by atoms with E-state index in [1.807, 2.05) is 22.6 Å². The molecule has 0 saturated carbocycles. The van der Waals surface area contributed by atoms with Crippen LogP contribution in [0.25, 0.3) is 0 Å². The van der Waals surface area contributed by atoms with Crippen LogP contribution in [0.15, 0.2) is 75.1 Å². The molecule has 0 heterocycles. The van der Waals surface area contributed by atoms with Gasteiger partial charge in [-0.05, 0) is 70.6 Å². The summed E-state index contributed by atoms with van der Waals surface area (Å²) in [5, 5.41) is 14.7. The van der Waals surface area contributed by atoms with Crippen molar-refractivity contribution in [3.05, 3.63) is 89.9 Å². The van der Waals surface area contributed by atoms with Crippen LogP contribution >= 0.6 is 38.5 Å². The molecule has 0 aliphatic carbocycles. The first-order valence-corrected chi connectivity index (χ1v) is 12.5. The number of nitrogens with one attached hydrogen (secondary N) is 1. The predicted octanol–water partition coefficient (Wildman–Crippen LogP) is 4.50. The summed E-state index contributed by atoms with van der Waals surface area (Å²) in [6.45, 7) is 0. The Morgan fingerprint density at radius 3 is 2.50 bits per heavy atom. The largest absolute Gasteiger partial charge is 0.493 e. The third-order valence-electron chi connectivity index (χ3n) is 4.25. The zero-order valence-corrected chi connectivity index (χ0v) is 21.8. The molecule has 0 atom stereocenters. The molecule has 10 nitrogen and oxygen atoms in total. The van der Waals surface area contributed by atoms with Gasteiger partial charge in [-0.15, -0.1) is 0 Å². The Kier molecular flexibility index (Phi) is 8.22. The zero-order valence-electron chi connectivity index (χ0n) is 17.3. The van der Waals surface area contributed by atoms with Crippen LogP contribution in [-0.2, 0) is 10.1 Å². The minimum Gasteiger partial charge on any atom is -0.493 e. The second-order valence-corrected chi connectivity index (χ2v) is 10.2. The Labute approximate surface area is 216 Å². The van der Waals surface area contributed by atoms with Crippen LogP contribution in [-0.4, -0.2) is 32.6 Å². The first-order chi connectivity index (χ1) is 16.1. The number of carbonyl (C=O) groups excluding carboxylic acids is 1. The number of rotatable bonds is 8. The van der Waals surface area contributed by atoms with Gasteiger partial charge >= 0.3 is 10.1 Å². The summed E-state index contributed by atoms with van der Waals surface area (Å²) in [5.74, 6) is -0.359. The Morgan fingerprint density at radius 1 is 1.18 bits per heavy atom. The van der Waals surface area contributed by atoms with E-state index in [9.17, 15) is 23.3 Å². The second-order valence-electron chi connectivity index (χ2n) is 6.53. The molecule has 3 rings (SSSR count). The van der Waals surface area contributed by atoms with Crippen molar-refractivity contribution in [2.24, 2.45) is 5.10 Å². The van der Waals surface area contributed by atoms with Gasteiger partial charge in [0.25, 0.3) is 11.6 Å². The Morgan fingerprint density at radius 2 is 1.88 bits per heavy atom. The number of carbonyl (C=O) groups is 1. The first kappa shape index (κ1) is 25.6. The van der Waals surface area contributed by atoms with Gasteiger partial charge in [-0.1, -0.05) is 22.0 Å². The highest BCUT2D eigenvalue weighted by atomic mass is 127. The standard InChI is InChI=1S/C21H15BrIN3O7S/c1-32-19-10-13(12-24-25-21(27)14-3-2-4-15(22)11-14)9-18(23)20(19)33-34(30,31)17-7-5-16(6-8-17)26(28)29/h2-12H,1H3,(H,25,27)/b24-12-. The highest BCUT2D eigenvalue weighted by Crippen LogP contribution is 2.35. The van der Waals surface area contributed by atoms with Crippen molar-refractivity contribution >= 4 is 66.4 Å². The Balaban J connectivity index is 1.79. The summed E-state index contributed by atoms with van der Waals surface area (Å²) in [6, 6.07) is 14.2. The number of ether oxygens (including phenoxy) is 1. The van der Waals surface area contributed by atoms with Crippen LogP contribution in [0.3, 0.4) is 0 Å². The van der Waals surface area contributed by atoms with Crippen LogP contribution in [0.1, 0.15) is 15.9 Å². The van der Waals surface area contributed by atoms with Crippen molar-refractivity contribution in [1.29, 1.82) is 0 Å². The maximum atomic E-state index is 12.7. The van der Waals surface area contributed by atoms with Gasteiger partial charge in [0, 0.05) is 22.2 Å². The molecule has 3 aromatic carbocycles. The van der Waals surface area contributed by atoms with Gasteiger partial charge < -0.3 is 8.92 Å². The SMILES string of the molecule is COc1cc(/C=N\NC(=O)c2cccc(Br)c2)cc(I)c1OS(=O)(=O)c1ccc([N+](=O)[O-])cc1. The van der Waals surface area contributed by atoms with Gasteiger partial charge in [0.2, 0.25) is 0 Å². The summed E-state index contributed by atoms with van der Waals surface area (Å²) in [5.41, 5.74) is 3.09. The minimum atomic E-state index is -4.29. The number of hydrogen-bond acceptors (Lipinski definition) is 8. The summed E-state index contributed by atoms with van der Waals surface area (Å²) in [7, 11) is -2.95. The molecule has 0 bridgehead atoms. The third kappa shape index (κ3) is 6.30. The molecule has 13 heteroatoms. The van der Waals surface area contributed by atoms with E-state index in [0.717, 1.165) is 28.7 Å². The van der Waals surface area contributed by atoms with Crippen LogP contribution < -0.4 is 14.3 Å². The van der Waals surface area contributed by atoms with E-state index in [0.29, 0.717) is 14.7 Å². The monoisotopic (exact) mass is 659 g/mol. The fourth-order valence-electron chi connectivity index (χ4n) is 2.65. The van der Waals surface area contributed by atoms with Gasteiger partial charge in [-0.2, -0.15) is 13.5 Å². The normalized spacial score (nSPS) is 11.3. The van der Waals surface area contributed by atoms with Gasteiger partial charge in [0.15, 0.2) is 11.5 Å². The van der Waals surface area contributed by atoms with Crippen LogP contribution in [0.4, 0.5) is 5.69 Å². The molecule has 0 fully saturated rings. The van der Waals surface area contributed by atoms with Crippen LogP contribution in [0.2, 0.25) is 0 Å². The number of halogens is 2. The lowest BCUT2D eigenvalue weighted by Crippen LogP contribution is -2.17. The number of benzene rings is 3. The highest BCUT2D eigenvalue weighted by Gasteiger charge is 2.22. The maximum Gasteiger partial charge on any atom is 0.339 e. The van der Waals surface area contributed by atoms with Crippen molar-refractivity contribution in [2.45, 2.75) is 4.90 Å². The molecule has 0 aliphatic rings. The molecule has 0 aromatic heterocycles. The fourth-order valence-corrected chi connectivity index (χ4v) is 4.89. The molecule has 0 spiro atoms. The minimum absolute atomic E-state index is 0.0585. The number of non-ortho nitro benzene ring substituents is 1. The lowest BCUT2D eigenvalue weighted by Gasteiger charge is -2.13. The molecule has 0 radical (unpaired) electrons. The van der Waals surface area contributed by atoms with Crippen molar-refractivity contribution < 1.29 is 27.1 Å². The summed E-state index contributed by atoms with van der Waals surface area (Å²) in [4.78, 5) is 22.1. The highest BCUT2D eigenvalue weighted by molar-refractivity contribution is 14.1. The molecule has 1 amide bonds. The molecular formula is C21H15BrIN3O7S. The van der Waals surface area contributed by atoms with Crippen molar-refractivity contribution in [2.75, 3.05) is 7.11 Å². The average molecular weight is 660 g/mol. The van der Waals surface area contributed by atoms with Gasteiger partial charge in [-0.25, -0.2) is 5.43 Å². The maximum absolute atomic E-state index is 12.7. The molecule has 34 heavy (non-hydrogen) atoms. The van der Waals surface area contributed by atoms with Crippen LogP contribution in [0.5, 0.6) is 11.5 Å². The number of methoxy groups -OCH3 is 1. The lowest BCUT2D eigenvalue weighted by molar-refractivity contribution is -0.384. The predicted molar refractivity (Wildman–Crippen MR) is 136 cm³/mol. The van der Waals surface area contributed by atoms with E-state index in [1.54, 1.807) is 30.3 Å². The Hall–Kier alpha value is -3.04. The quantitative estimate of drug-likeness (QED) is 0.124. The molecule has 1 N–H and O–H groups in total. The molecule has 0 unspecified atom stereocenters. The molecule has 0 aliphatic heterocycles. The van der Waals surface area contributed by atoms with Gasteiger partial charge in [0.05, 0.1) is 21.8 Å². The molecule has 0 saturated heterocycles. The van der Waals surface area contributed by atoms with Crippen LogP contribution in [0, 0.1) is 13.7 Å². The number of nitro benzene ring substituents is 1. The summed E-state index contributed by atoms with van der Waals surface area (Å²) < 4.78 is 37.0. The number of hydrazone groups is 1. The van der Waals surface area contributed by atoms with E-state index in [4.69, 9.17) is 8.92 Å². The van der Waals surface area contributed by atoms with Crippen molar-refractivity contribution in [3.63, 3.8) is 0 Å². The zero-order chi connectivity index (χ0) is 24.9. The number of hydrogen-bond donors (Lipinski definition) is 1. The number of nitro groups is 1. The van der Waals surface area contributed by atoms with E-state index in [2.05, 4.69) is 26.5 Å². The lowest BCUT2D eigenvalue weighted by atomic mass is 10.2. The first-order valence-electron chi connectivity index (χ1n) is 9.26. The van der Waals surface area contributed by atoms with E-state index >= 15 is 0 Å². The van der Waals surface area contributed by atoms with Crippen molar-refractivity contribution in [3.8, 4) is 11.5 Å². The molecule has 176 valence electrons. The topological polar surface area (TPSA) is 137 Å². The summed E-state index contributed by atoms with van der Waals surface area (Å²) in [6.07, 6.45) is 1.37. The van der Waals surface area contributed by atoms with Crippen molar-refractivity contribution in [1.82, 2.24) is 5.43 Å². The van der Waals surface area contributed by atoms with Gasteiger partial charge in [0.1, 0.15) is 4.90 Å². The number of amides is 1. The summed E-state index contributed by atoms with van der Waals surface area (Å²) >= 11 is 5.17. The Bertz CT molecular complexity index is 1380. The average Bonchev–Trinajstić information content (AvgIpc) is 2.80. The van der Waals surface area contributed by atoms with Gasteiger partial charge in [-0.3, -0.25) is 14.9 Å². The second kappa shape index (κ2) is 10.9. The smallest absolute Gasteiger partial charge is 0.339 e. The number of nitrogens with zero attached hydrogens (tertiary/aromatic N) is 2.